The van der Waals surface area contributed by atoms with Crippen LogP contribution in [0.15, 0.2) is 48.7 Å². The SMILES string of the molecule is COCCN1CCC(CC(=O)c2ccc(Nc3ncc(C(F)(F)F)c(C[C@@H]4Cc5ccccc5[C@H]4NC(C)=O)n3)c(OC)c2)CC1. The monoisotopic (exact) mass is 639 g/mol. The first kappa shape index (κ1) is 33.3. The van der Waals surface area contributed by atoms with Crippen LogP contribution in [0.3, 0.4) is 0 Å². The highest BCUT2D eigenvalue weighted by Gasteiger charge is 2.39. The summed E-state index contributed by atoms with van der Waals surface area (Å²) in [7, 11) is 3.15. The number of ketones is 1. The number of piperidine rings is 1. The number of likely N-dealkylation sites (tertiary alicyclic amines) is 1. The Labute approximate surface area is 266 Å². The Morgan fingerprint density at radius 3 is 2.54 bits per heavy atom. The van der Waals surface area contributed by atoms with Gasteiger partial charge in [-0.2, -0.15) is 13.2 Å². The van der Waals surface area contributed by atoms with Crippen molar-refractivity contribution in [3.8, 4) is 5.75 Å². The van der Waals surface area contributed by atoms with Crippen LogP contribution < -0.4 is 15.4 Å². The van der Waals surface area contributed by atoms with Crippen LogP contribution in [0, 0.1) is 11.8 Å². The fourth-order valence-electron chi connectivity index (χ4n) is 6.50. The van der Waals surface area contributed by atoms with Gasteiger partial charge >= 0.3 is 6.18 Å². The Kier molecular flexibility index (Phi) is 10.6. The molecule has 0 spiro atoms. The molecule has 5 rings (SSSR count). The number of Topliss-reactive ketones (excluding diaryl/α,β-unsaturated/α-hetero) is 1. The van der Waals surface area contributed by atoms with Crippen LogP contribution in [0.25, 0.3) is 0 Å². The first-order valence-corrected chi connectivity index (χ1v) is 15.5. The Hall–Kier alpha value is -4.03. The van der Waals surface area contributed by atoms with Crippen LogP contribution in [0.2, 0.25) is 0 Å². The molecule has 2 aliphatic rings. The number of anilines is 2. The van der Waals surface area contributed by atoms with Gasteiger partial charge in [0.25, 0.3) is 0 Å². The number of hydrogen-bond donors (Lipinski definition) is 2. The van der Waals surface area contributed by atoms with Gasteiger partial charge in [-0.25, -0.2) is 9.97 Å². The molecule has 0 bridgehead atoms. The van der Waals surface area contributed by atoms with Crippen molar-refractivity contribution in [2.24, 2.45) is 11.8 Å². The average Bonchev–Trinajstić information content (AvgIpc) is 3.36. The topological polar surface area (TPSA) is 106 Å². The first-order chi connectivity index (χ1) is 22.0. The number of carbonyl (C=O) groups excluding carboxylic acids is 2. The maximum Gasteiger partial charge on any atom is 0.419 e. The lowest BCUT2D eigenvalue weighted by Crippen LogP contribution is -2.36. The zero-order chi connectivity index (χ0) is 32.8. The molecule has 1 saturated heterocycles. The summed E-state index contributed by atoms with van der Waals surface area (Å²) in [5.41, 5.74) is 1.71. The smallest absolute Gasteiger partial charge is 0.419 e. The second kappa shape index (κ2) is 14.6. The molecule has 1 aliphatic carbocycles. The number of hydrogen-bond acceptors (Lipinski definition) is 8. The number of methoxy groups -OCH3 is 2. The van der Waals surface area contributed by atoms with Crippen molar-refractivity contribution >= 4 is 23.3 Å². The lowest BCUT2D eigenvalue weighted by atomic mass is 9.89. The molecule has 3 aromatic rings. The van der Waals surface area contributed by atoms with Crippen LogP contribution in [0.4, 0.5) is 24.8 Å². The highest BCUT2D eigenvalue weighted by Crippen LogP contribution is 2.40. The summed E-state index contributed by atoms with van der Waals surface area (Å²) in [5, 5.41) is 5.90. The van der Waals surface area contributed by atoms with Gasteiger partial charge in [0, 0.05) is 38.8 Å². The third-order valence-corrected chi connectivity index (χ3v) is 8.89. The summed E-state index contributed by atoms with van der Waals surface area (Å²) < 4.78 is 53.0. The minimum Gasteiger partial charge on any atom is -0.495 e. The van der Waals surface area contributed by atoms with Gasteiger partial charge in [-0.3, -0.25) is 9.59 Å². The van der Waals surface area contributed by atoms with Crippen molar-refractivity contribution < 1.29 is 32.2 Å². The summed E-state index contributed by atoms with van der Waals surface area (Å²) in [6, 6.07) is 12.1. The number of aromatic nitrogens is 2. The van der Waals surface area contributed by atoms with E-state index >= 15 is 0 Å². The molecule has 12 heteroatoms. The molecule has 1 aliphatic heterocycles. The predicted molar refractivity (Wildman–Crippen MR) is 167 cm³/mol. The van der Waals surface area contributed by atoms with E-state index in [4.69, 9.17) is 9.47 Å². The zero-order valence-corrected chi connectivity index (χ0v) is 26.3. The highest BCUT2D eigenvalue weighted by molar-refractivity contribution is 5.97. The number of carbonyl (C=O) groups is 2. The number of amides is 1. The number of rotatable bonds is 12. The number of nitrogens with zero attached hydrogens (tertiary/aromatic N) is 3. The fraction of sp³-hybridized carbons (Fsp3) is 0.471. The van der Waals surface area contributed by atoms with Crippen LogP contribution in [0.5, 0.6) is 5.75 Å². The standard InChI is InChI=1S/C34H40F3N5O4/c1-21(43)39-32-25(17-23-6-4-5-7-26(23)32)18-29-27(34(35,36)37)20-38-33(41-29)40-28-9-8-24(19-31(28)46-3)30(44)16-22-10-12-42(13-11-22)14-15-45-2/h4-9,19-20,22,25,32H,10-18H2,1-3H3,(H,39,43)(H,38,40,41)/t25-,32-/m0/s1. The number of fused-ring (bicyclic) bond motifs is 1. The van der Waals surface area contributed by atoms with Gasteiger partial charge in [-0.15, -0.1) is 0 Å². The number of nitrogens with one attached hydrogen (secondary N) is 2. The molecule has 2 heterocycles. The van der Waals surface area contributed by atoms with Crippen molar-refractivity contribution in [1.29, 1.82) is 0 Å². The summed E-state index contributed by atoms with van der Waals surface area (Å²) in [6.45, 7) is 4.84. The van der Waals surface area contributed by atoms with Gasteiger partial charge in [0.1, 0.15) is 5.75 Å². The number of alkyl halides is 3. The first-order valence-electron chi connectivity index (χ1n) is 15.5. The molecule has 2 N–H and O–H groups in total. The number of benzene rings is 2. The largest absolute Gasteiger partial charge is 0.495 e. The van der Waals surface area contributed by atoms with Crippen molar-refractivity contribution in [2.45, 2.75) is 51.2 Å². The molecule has 0 saturated carbocycles. The van der Waals surface area contributed by atoms with Crippen molar-refractivity contribution in [1.82, 2.24) is 20.2 Å². The lowest BCUT2D eigenvalue weighted by Gasteiger charge is -2.31. The molecule has 0 unspecified atom stereocenters. The van der Waals surface area contributed by atoms with Gasteiger partial charge < -0.3 is 25.0 Å². The maximum atomic E-state index is 14.1. The molecule has 246 valence electrons. The third kappa shape index (κ3) is 8.03. The summed E-state index contributed by atoms with van der Waals surface area (Å²) in [4.78, 5) is 35.8. The predicted octanol–water partition coefficient (Wildman–Crippen LogP) is 5.77. The maximum absolute atomic E-state index is 14.1. The Morgan fingerprint density at radius 2 is 1.85 bits per heavy atom. The second-order valence-corrected chi connectivity index (χ2v) is 12.0. The molecule has 0 radical (unpaired) electrons. The van der Waals surface area contributed by atoms with E-state index in [0.717, 1.165) is 49.8 Å². The minimum absolute atomic E-state index is 0.0135. The molecule has 9 nitrogen and oxygen atoms in total. The van der Waals surface area contributed by atoms with E-state index in [1.807, 2.05) is 24.3 Å². The Balaban J connectivity index is 1.31. The van der Waals surface area contributed by atoms with Crippen LogP contribution in [-0.4, -0.2) is 67.0 Å². The lowest BCUT2D eigenvalue weighted by molar-refractivity contribution is -0.138. The average molecular weight is 640 g/mol. The minimum atomic E-state index is -4.66. The van der Waals surface area contributed by atoms with Crippen LogP contribution in [-0.2, 0) is 28.5 Å². The van der Waals surface area contributed by atoms with Crippen molar-refractivity contribution in [3.05, 3.63) is 76.6 Å². The van der Waals surface area contributed by atoms with Gasteiger partial charge in [0.05, 0.1) is 36.7 Å². The van der Waals surface area contributed by atoms with Crippen molar-refractivity contribution in [3.63, 3.8) is 0 Å². The van der Waals surface area contributed by atoms with Gasteiger partial charge in [-0.05, 0) is 79.9 Å². The van der Waals surface area contributed by atoms with E-state index in [0.29, 0.717) is 42.4 Å². The molecule has 2 aromatic carbocycles. The quantitative estimate of drug-likeness (QED) is 0.241. The Bertz CT molecular complexity index is 1540. The molecule has 1 amide bonds. The highest BCUT2D eigenvalue weighted by atomic mass is 19.4. The van der Waals surface area contributed by atoms with E-state index in [1.54, 1.807) is 25.3 Å². The van der Waals surface area contributed by atoms with Crippen LogP contribution >= 0.6 is 0 Å². The molecule has 1 aromatic heterocycles. The van der Waals surface area contributed by atoms with Gasteiger partial charge in [0.2, 0.25) is 11.9 Å². The van der Waals surface area contributed by atoms with E-state index in [9.17, 15) is 22.8 Å². The molecule has 46 heavy (non-hydrogen) atoms. The van der Waals surface area contributed by atoms with Crippen LogP contribution in [0.1, 0.15) is 65.0 Å². The summed E-state index contributed by atoms with van der Waals surface area (Å²) >= 11 is 0. The van der Waals surface area contributed by atoms with E-state index in [2.05, 4.69) is 25.5 Å². The molecule has 2 atom stereocenters. The molecular formula is C34H40F3N5O4. The fourth-order valence-corrected chi connectivity index (χ4v) is 6.50. The Morgan fingerprint density at radius 1 is 1.09 bits per heavy atom. The van der Waals surface area contributed by atoms with E-state index < -0.39 is 17.8 Å². The number of halogens is 3. The molecule has 1 fully saturated rings. The van der Waals surface area contributed by atoms with Crippen molar-refractivity contribution in [2.75, 3.05) is 45.8 Å². The zero-order valence-electron chi connectivity index (χ0n) is 26.3. The normalized spacial score (nSPS) is 18.7. The summed E-state index contributed by atoms with van der Waals surface area (Å²) in [5.74, 6) is 0.0358. The second-order valence-electron chi connectivity index (χ2n) is 12.0. The molecular weight excluding hydrogens is 599 g/mol. The van der Waals surface area contributed by atoms with E-state index in [-0.39, 0.29) is 35.7 Å². The number of ether oxygens (including phenoxy) is 2. The van der Waals surface area contributed by atoms with E-state index in [1.165, 1.54) is 14.0 Å². The van der Waals surface area contributed by atoms with Gasteiger partial charge in [-0.1, -0.05) is 24.3 Å². The summed E-state index contributed by atoms with van der Waals surface area (Å²) in [6.07, 6.45) is -1.09. The third-order valence-electron chi connectivity index (χ3n) is 8.89. The van der Waals surface area contributed by atoms with Gasteiger partial charge in [0.15, 0.2) is 5.78 Å².